The Hall–Kier alpha value is -3.25. The number of aryl methyl sites for hydroxylation is 1. The van der Waals surface area contributed by atoms with Crippen molar-refractivity contribution in [1.29, 1.82) is 0 Å². The number of fused-ring (bicyclic) bond motifs is 1. The average Bonchev–Trinajstić information content (AvgIpc) is 3.48. The molecule has 0 bridgehead atoms. The van der Waals surface area contributed by atoms with E-state index in [9.17, 15) is 18.0 Å². The van der Waals surface area contributed by atoms with E-state index in [4.69, 9.17) is 13.9 Å². The first-order chi connectivity index (χ1) is 15.4. The third kappa shape index (κ3) is 4.65. The van der Waals surface area contributed by atoms with E-state index in [0.29, 0.717) is 12.2 Å². The normalized spacial score (nSPS) is 12.9. The summed E-state index contributed by atoms with van der Waals surface area (Å²) in [5, 5.41) is 9.30. The first kappa shape index (κ1) is 22.0. The van der Waals surface area contributed by atoms with E-state index < -0.39 is 32.7 Å². The standard InChI is InChI=1S/C20H19N3O7S2/c1-28-19(25)17-13-8-5-9-14(13)31-18(17)21-15(24)11-32(26,27)20-23-22-16(30-20)10-29-12-6-3-2-4-7-12/h2-4,6-7H,5,8-11H2,1H3,(H,21,24). The number of hydrogen-bond donors (Lipinski definition) is 1. The van der Waals surface area contributed by atoms with Crippen molar-refractivity contribution in [1.82, 2.24) is 10.2 Å². The fraction of sp³-hybridized carbons (Fsp3) is 0.300. The maximum atomic E-state index is 12.5. The zero-order chi connectivity index (χ0) is 22.7. The van der Waals surface area contributed by atoms with Crippen LogP contribution in [0, 0.1) is 0 Å². The van der Waals surface area contributed by atoms with E-state index >= 15 is 0 Å². The molecule has 2 aromatic heterocycles. The lowest BCUT2D eigenvalue weighted by Crippen LogP contribution is -2.24. The number of benzene rings is 1. The van der Waals surface area contributed by atoms with Crippen LogP contribution in [0.5, 0.6) is 5.75 Å². The Morgan fingerprint density at radius 1 is 1.19 bits per heavy atom. The molecule has 0 spiro atoms. The van der Waals surface area contributed by atoms with Crippen LogP contribution in [-0.4, -0.2) is 43.4 Å². The number of para-hydroxylation sites is 1. The fourth-order valence-corrected chi connectivity index (χ4v) is 5.51. The lowest BCUT2D eigenvalue weighted by Gasteiger charge is -2.06. The number of amides is 1. The molecule has 1 aromatic carbocycles. The minimum Gasteiger partial charge on any atom is -0.484 e. The number of carbonyl (C=O) groups is 2. The zero-order valence-corrected chi connectivity index (χ0v) is 18.6. The highest BCUT2D eigenvalue weighted by Crippen LogP contribution is 2.39. The van der Waals surface area contributed by atoms with Crippen LogP contribution < -0.4 is 10.1 Å². The van der Waals surface area contributed by atoms with Crippen LogP contribution in [-0.2, 0) is 38.8 Å². The molecule has 0 saturated carbocycles. The maximum absolute atomic E-state index is 12.5. The molecule has 168 valence electrons. The highest BCUT2D eigenvalue weighted by molar-refractivity contribution is 7.91. The summed E-state index contributed by atoms with van der Waals surface area (Å²) < 4.78 is 40.5. The highest BCUT2D eigenvalue weighted by Gasteiger charge is 2.30. The van der Waals surface area contributed by atoms with Crippen molar-refractivity contribution in [2.24, 2.45) is 0 Å². The molecule has 0 atom stereocenters. The van der Waals surface area contributed by atoms with Crippen molar-refractivity contribution in [2.75, 3.05) is 18.2 Å². The van der Waals surface area contributed by atoms with Gasteiger partial charge in [0.25, 0.3) is 5.89 Å². The molecule has 0 unspecified atom stereocenters. The summed E-state index contributed by atoms with van der Waals surface area (Å²) in [4.78, 5) is 25.6. The van der Waals surface area contributed by atoms with Gasteiger partial charge in [-0.1, -0.05) is 23.3 Å². The summed E-state index contributed by atoms with van der Waals surface area (Å²) in [7, 11) is -2.94. The summed E-state index contributed by atoms with van der Waals surface area (Å²) in [6.07, 6.45) is 2.43. The van der Waals surface area contributed by atoms with Gasteiger partial charge in [-0.15, -0.1) is 16.4 Å². The molecule has 1 N–H and O–H groups in total. The number of ether oxygens (including phenoxy) is 2. The van der Waals surface area contributed by atoms with Crippen molar-refractivity contribution in [3.05, 3.63) is 52.2 Å². The van der Waals surface area contributed by atoms with E-state index in [2.05, 4.69) is 15.5 Å². The van der Waals surface area contributed by atoms with Crippen molar-refractivity contribution in [3.8, 4) is 5.75 Å². The Labute approximate surface area is 187 Å². The number of methoxy groups -OCH3 is 1. The summed E-state index contributed by atoms with van der Waals surface area (Å²) in [6, 6.07) is 8.84. The van der Waals surface area contributed by atoms with Crippen LogP contribution >= 0.6 is 11.3 Å². The number of anilines is 1. The number of nitrogens with zero attached hydrogens (tertiary/aromatic N) is 2. The third-order valence-electron chi connectivity index (χ3n) is 4.70. The molecular formula is C20H19N3O7S2. The molecular weight excluding hydrogens is 458 g/mol. The summed E-state index contributed by atoms with van der Waals surface area (Å²) >= 11 is 1.26. The van der Waals surface area contributed by atoms with Gasteiger partial charge in [0.05, 0.1) is 12.7 Å². The number of sulfone groups is 1. The van der Waals surface area contributed by atoms with Gasteiger partial charge in [0.2, 0.25) is 15.7 Å². The Kier molecular flexibility index (Phi) is 6.24. The molecule has 0 saturated heterocycles. The second-order valence-corrected chi connectivity index (χ2v) is 9.90. The van der Waals surface area contributed by atoms with Crippen LogP contribution in [0.2, 0.25) is 0 Å². The second-order valence-electron chi connectivity index (χ2n) is 6.92. The van der Waals surface area contributed by atoms with Crippen molar-refractivity contribution >= 4 is 38.1 Å². The van der Waals surface area contributed by atoms with E-state index in [1.165, 1.54) is 18.4 Å². The number of hydrogen-bond acceptors (Lipinski definition) is 10. The SMILES string of the molecule is COC(=O)c1c(NC(=O)CS(=O)(=O)c2nnc(COc3ccccc3)o2)sc2c1CCC2. The average molecular weight is 478 g/mol. The van der Waals surface area contributed by atoms with Gasteiger partial charge in [-0.3, -0.25) is 4.79 Å². The summed E-state index contributed by atoms with van der Waals surface area (Å²) in [5.41, 5.74) is 1.13. The molecule has 12 heteroatoms. The number of aromatic nitrogens is 2. The van der Waals surface area contributed by atoms with E-state index in [1.54, 1.807) is 24.3 Å². The predicted molar refractivity (Wildman–Crippen MR) is 113 cm³/mol. The lowest BCUT2D eigenvalue weighted by atomic mass is 10.1. The lowest BCUT2D eigenvalue weighted by molar-refractivity contribution is -0.113. The van der Waals surface area contributed by atoms with E-state index in [0.717, 1.165) is 23.3 Å². The van der Waals surface area contributed by atoms with Crippen LogP contribution in [0.25, 0.3) is 0 Å². The second kappa shape index (κ2) is 9.09. The number of rotatable bonds is 8. The van der Waals surface area contributed by atoms with Crippen LogP contribution in [0.1, 0.15) is 33.1 Å². The molecule has 1 aliphatic carbocycles. The number of thiophene rings is 1. The Morgan fingerprint density at radius 3 is 2.72 bits per heavy atom. The van der Waals surface area contributed by atoms with Crippen LogP contribution in [0.15, 0.2) is 40.0 Å². The minimum atomic E-state index is -4.19. The van der Waals surface area contributed by atoms with Crippen LogP contribution in [0.4, 0.5) is 5.00 Å². The van der Waals surface area contributed by atoms with Gasteiger partial charge in [0.15, 0.2) is 6.61 Å². The van der Waals surface area contributed by atoms with Crippen molar-refractivity contribution in [2.45, 2.75) is 31.1 Å². The molecule has 0 fully saturated rings. The topological polar surface area (TPSA) is 138 Å². The fourth-order valence-electron chi connectivity index (χ4n) is 3.29. The Bertz CT molecular complexity index is 1250. The smallest absolute Gasteiger partial charge is 0.341 e. The zero-order valence-electron chi connectivity index (χ0n) is 17.0. The quantitative estimate of drug-likeness (QED) is 0.485. The van der Waals surface area contributed by atoms with Gasteiger partial charge < -0.3 is 19.2 Å². The van der Waals surface area contributed by atoms with Gasteiger partial charge >= 0.3 is 11.2 Å². The summed E-state index contributed by atoms with van der Waals surface area (Å²) in [6.45, 7) is -0.123. The largest absolute Gasteiger partial charge is 0.484 e. The van der Waals surface area contributed by atoms with Crippen molar-refractivity contribution < 1.29 is 31.9 Å². The van der Waals surface area contributed by atoms with Gasteiger partial charge in [0.1, 0.15) is 16.5 Å². The monoisotopic (exact) mass is 477 g/mol. The number of nitrogens with one attached hydrogen (secondary N) is 1. The van der Waals surface area contributed by atoms with Gasteiger partial charge in [-0.05, 0) is 37.0 Å². The number of esters is 1. The Morgan fingerprint density at radius 2 is 1.97 bits per heavy atom. The van der Waals surface area contributed by atoms with Gasteiger partial charge in [-0.25, -0.2) is 13.2 Å². The maximum Gasteiger partial charge on any atom is 0.341 e. The van der Waals surface area contributed by atoms with Gasteiger partial charge in [0, 0.05) is 4.88 Å². The highest BCUT2D eigenvalue weighted by atomic mass is 32.2. The molecule has 10 nitrogen and oxygen atoms in total. The molecule has 1 aliphatic rings. The molecule has 1 amide bonds. The first-order valence-electron chi connectivity index (χ1n) is 9.63. The third-order valence-corrected chi connectivity index (χ3v) is 7.25. The number of carbonyl (C=O) groups excluding carboxylic acids is 2. The van der Waals surface area contributed by atoms with E-state index in [-0.39, 0.29) is 23.1 Å². The predicted octanol–water partition coefficient (Wildman–Crippen LogP) is 2.40. The van der Waals surface area contributed by atoms with Gasteiger partial charge in [-0.2, -0.15) is 0 Å². The minimum absolute atomic E-state index is 0.0458. The van der Waals surface area contributed by atoms with Crippen LogP contribution in [0.3, 0.4) is 0 Å². The summed E-state index contributed by atoms with van der Waals surface area (Å²) in [5.74, 6) is -1.80. The molecule has 0 aliphatic heterocycles. The van der Waals surface area contributed by atoms with E-state index in [1.807, 2.05) is 6.07 Å². The molecule has 4 rings (SSSR count). The molecule has 3 aromatic rings. The first-order valence-corrected chi connectivity index (χ1v) is 12.1. The molecule has 2 heterocycles. The molecule has 0 radical (unpaired) electrons. The van der Waals surface area contributed by atoms with Crippen molar-refractivity contribution in [3.63, 3.8) is 0 Å². The Balaban J connectivity index is 1.43. The molecule has 32 heavy (non-hydrogen) atoms.